The summed E-state index contributed by atoms with van der Waals surface area (Å²) in [4.78, 5) is 4.94. The SMILES string of the molecule is Bc1nc(-c2c(B)c(B)c(B)c(B)c2B)c(B)c(B)c1B. The standard InChI is InChI=1S/C11H18B9N/c12-2-1(3(13)5(15)6(16)4(2)14)10-8(18)7(17)9(19)11(20)21-10/h12-20H2. The molecule has 0 N–H and O–H groups in total. The van der Waals surface area contributed by atoms with Gasteiger partial charge in [-0.05, 0) is 11.2 Å². The van der Waals surface area contributed by atoms with Crippen LogP contribution >= 0.6 is 0 Å². The Morgan fingerprint density at radius 2 is 0.810 bits per heavy atom. The van der Waals surface area contributed by atoms with Gasteiger partial charge in [-0.25, -0.2) is 0 Å². The summed E-state index contributed by atoms with van der Waals surface area (Å²) in [5.41, 5.74) is 14.6. The van der Waals surface area contributed by atoms with Gasteiger partial charge < -0.3 is 0 Å². The predicted molar refractivity (Wildman–Crippen MR) is 123 cm³/mol. The summed E-state index contributed by atoms with van der Waals surface area (Å²) in [5.74, 6) is 0. The molecule has 1 heterocycles. The van der Waals surface area contributed by atoms with Gasteiger partial charge in [0.25, 0.3) is 0 Å². The molecule has 0 aliphatic heterocycles. The third-order valence-electron chi connectivity index (χ3n) is 5.54. The van der Waals surface area contributed by atoms with Crippen LogP contribution in [-0.4, -0.2) is 75.6 Å². The second-order valence-electron chi connectivity index (χ2n) is 6.42. The van der Waals surface area contributed by atoms with E-state index in [0.717, 1.165) is 11.3 Å². The molecule has 0 fully saturated rings. The third-order valence-corrected chi connectivity index (χ3v) is 5.54. The molecule has 0 saturated heterocycles. The fourth-order valence-corrected chi connectivity index (χ4v) is 3.16. The van der Waals surface area contributed by atoms with E-state index in [-0.39, 0.29) is 0 Å². The Hall–Kier alpha value is -1.05. The monoisotopic (exact) mass is 263 g/mol. The average molecular weight is 262 g/mol. The van der Waals surface area contributed by atoms with Gasteiger partial charge in [-0.3, -0.25) is 4.98 Å². The van der Waals surface area contributed by atoms with Crippen LogP contribution < -0.4 is 49.3 Å². The molecular weight excluding hydrogens is 243 g/mol. The van der Waals surface area contributed by atoms with Crippen LogP contribution in [0, 0.1) is 0 Å². The zero-order valence-corrected chi connectivity index (χ0v) is 14.9. The summed E-state index contributed by atoms with van der Waals surface area (Å²) < 4.78 is 0. The molecular formula is C11H18B9N. The van der Waals surface area contributed by atoms with Crippen molar-refractivity contribution in [3.05, 3.63) is 0 Å². The summed E-state index contributed by atoms with van der Waals surface area (Å²) in [7, 11) is 19.8. The molecule has 1 aromatic carbocycles. The van der Waals surface area contributed by atoms with Gasteiger partial charge in [0.2, 0.25) is 0 Å². The van der Waals surface area contributed by atoms with Crippen molar-refractivity contribution in [3.63, 3.8) is 0 Å². The van der Waals surface area contributed by atoms with E-state index in [4.69, 9.17) is 4.98 Å². The minimum absolute atomic E-state index is 1.14. The first kappa shape index (κ1) is 16.3. The number of benzene rings is 1. The van der Waals surface area contributed by atoms with Crippen LogP contribution in [-0.2, 0) is 0 Å². The van der Waals surface area contributed by atoms with E-state index in [9.17, 15) is 0 Å². The smallest absolute Gasteiger partial charge is 0.163 e. The minimum Gasteiger partial charge on any atom is -0.265 e. The maximum atomic E-state index is 4.94. The Morgan fingerprint density at radius 1 is 0.429 bits per heavy atom. The molecule has 0 atom stereocenters. The lowest BCUT2D eigenvalue weighted by Gasteiger charge is -2.23. The highest BCUT2D eigenvalue weighted by Crippen LogP contribution is 2.04. The van der Waals surface area contributed by atoms with E-state index in [2.05, 4.69) is 70.6 Å². The lowest BCUT2D eigenvalue weighted by molar-refractivity contribution is 1.44. The Bertz CT molecular complexity index is 727. The van der Waals surface area contributed by atoms with Crippen LogP contribution in [0.2, 0.25) is 0 Å². The molecule has 1 aromatic heterocycles. The van der Waals surface area contributed by atoms with Gasteiger partial charge in [0.1, 0.15) is 62.8 Å². The molecule has 1 nitrogen and oxygen atoms in total. The second-order valence-corrected chi connectivity index (χ2v) is 6.42. The van der Waals surface area contributed by atoms with Crippen molar-refractivity contribution in [2.24, 2.45) is 0 Å². The third kappa shape index (κ3) is 2.47. The maximum absolute atomic E-state index is 4.94. The Kier molecular flexibility index (Phi) is 4.37. The molecule has 0 spiro atoms. The van der Waals surface area contributed by atoms with Gasteiger partial charge in [-0.2, -0.15) is 0 Å². The van der Waals surface area contributed by atoms with E-state index in [0.29, 0.717) is 0 Å². The molecule has 2 aromatic rings. The van der Waals surface area contributed by atoms with Crippen LogP contribution in [0.5, 0.6) is 0 Å². The Balaban J connectivity index is 2.93. The first-order valence-corrected chi connectivity index (χ1v) is 7.70. The number of pyridine rings is 1. The van der Waals surface area contributed by atoms with Crippen LogP contribution in [0.25, 0.3) is 11.3 Å². The number of hydrogen-bond donors (Lipinski definition) is 0. The van der Waals surface area contributed by atoms with Crippen molar-refractivity contribution in [1.29, 1.82) is 0 Å². The number of aromatic nitrogens is 1. The van der Waals surface area contributed by atoms with Crippen molar-refractivity contribution >= 4 is 120 Å². The molecule has 0 saturated carbocycles. The van der Waals surface area contributed by atoms with E-state index in [1.807, 2.05) is 0 Å². The molecule has 0 unspecified atom stereocenters. The highest BCUT2D eigenvalue weighted by molar-refractivity contribution is 6.69. The summed E-state index contributed by atoms with van der Waals surface area (Å²) in [6.07, 6.45) is 0. The maximum Gasteiger partial charge on any atom is 0.163 e. The van der Waals surface area contributed by atoms with Crippen LogP contribution in [0.4, 0.5) is 0 Å². The average Bonchev–Trinajstić information content (AvgIpc) is 2.46. The first-order valence-electron chi connectivity index (χ1n) is 7.70. The molecule has 0 radical (unpaired) electrons. The van der Waals surface area contributed by atoms with Gasteiger partial charge in [0, 0.05) is 0 Å². The zero-order chi connectivity index (χ0) is 16.1. The van der Waals surface area contributed by atoms with Gasteiger partial charge >= 0.3 is 0 Å². The molecule has 0 amide bonds. The van der Waals surface area contributed by atoms with Crippen molar-refractivity contribution in [3.8, 4) is 11.3 Å². The fourth-order valence-electron chi connectivity index (χ4n) is 3.16. The van der Waals surface area contributed by atoms with Gasteiger partial charge in [-0.15, -0.1) is 16.4 Å². The molecule has 0 aliphatic rings. The highest BCUT2D eigenvalue weighted by atomic mass is 14.7. The fraction of sp³-hybridized carbons (Fsp3) is 0. The van der Waals surface area contributed by atoms with E-state index < -0.39 is 0 Å². The minimum atomic E-state index is 1.14. The predicted octanol–water partition coefficient (Wildman–Crippen LogP) is -12.9. The molecule has 10 heteroatoms. The topological polar surface area (TPSA) is 12.9 Å². The van der Waals surface area contributed by atoms with E-state index in [1.165, 1.54) is 49.3 Å². The molecule has 21 heavy (non-hydrogen) atoms. The quantitative estimate of drug-likeness (QED) is 0.465. The van der Waals surface area contributed by atoms with Crippen LogP contribution in [0.3, 0.4) is 0 Å². The molecule has 94 valence electrons. The van der Waals surface area contributed by atoms with Gasteiger partial charge in [0.15, 0.2) is 7.85 Å². The van der Waals surface area contributed by atoms with Gasteiger partial charge in [0.05, 0.1) is 5.69 Å². The Labute approximate surface area is 136 Å². The second kappa shape index (κ2) is 5.63. The normalized spacial score (nSPS) is 10.7. The zero-order valence-electron chi connectivity index (χ0n) is 14.9. The Morgan fingerprint density at radius 3 is 1.29 bits per heavy atom. The summed E-state index contributed by atoms with van der Waals surface area (Å²) in [6.45, 7) is 0. The summed E-state index contributed by atoms with van der Waals surface area (Å²) >= 11 is 0. The van der Waals surface area contributed by atoms with Crippen molar-refractivity contribution < 1.29 is 0 Å². The lowest BCUT2D eigenvalue weighted by atomic mass is 9.59. The van der Waals surface area contributed by atoms with Crippen LogP contribution in [0.1, 0.15) is 0 Å². The summed E-state index contributed by atoms with van der Waals surface area (Å²) in [6, 6.07) is 0. The lowest BCUT2D eigenvalue weighted by Crippen LogP contribution is -2.57. The first-order chi connectivity index (χ1) is 9.68. The molecule has 0 aliphatic carbocycles. The van der Waals surface area contributed by atoms with E-state index >= 15 is 0 Å². The van der Waals surface area contributed by atoms with E-state index in [1.54, 1.807) is 0 Å². The highest BCUT2D eigenvalue weighted by Gasteiger charge is 2.17. The number of hydrogen-bond acceptors (Lipinski definition) is 1. The molecule has 2 rings (SSSR count). The van der Waals surface area contributed by atoms with Crippen molar-refractivity contribution in [1.82, 2.24) is 4.98 Å². The van der Waals surface area contributed by atoms with Crippen molar-refractivity contribution in [2.75, 3.05) is 0 Å². The van der Waals surface area contributed by atoms with Crippen molar-refractivity contribution in [2.45, 2.75) is 0 Å². The van der Waals surface area contributed by atoms with Gasteiger partial charge in [-0.1, -0.05) is 27.3 Å². The number of nitrogens with zero attached hydrogens (tertiary/aromatic N) is 1. The molecule has 0 bridgehead atoms. The largest absolute Gasteiger partial charge is 0.265 e. The number of rotatable bonds is 1. The van der Waals surface area contributed by atoms with Crippen LogP contribution in [0.15, 0.2) is 0 Å². The summed E-state index contributed by atoms with van der Waals surface area (Å²) in [5, 5.41) is 0.